The van der Waals surface area contributed by atoms with Crippen molar-refractivity contribution in [3.63, 3.8) is 0 Å². The van der Waals surface area contributed by atoms with Gasteiger partial charge in [-0.2, -0.15) is 13.2 Å². The number of nitro groups is 2. The third-order valence-corrected chi connectivity index (χ3v) is 3.84. The molecule has 1 aromatic carbocycles. The predicted octanol–water partition coefficient (Wildman–Crippen LogP) is 3.38. The van der Waals surface area contributed by atoms with E-state index in [1.54, 1.807) is 13.8 Å². The predicted molar refractivity (Wildman–Crippen MR) is 82.8 cm³/mol. The summed E-state index contributed by atoms with van der Waals surface area (Å²) in [6.07, 6.45) is -6.16. The lowest BCUT2D eigenvalue weighted by Crippen LogP contribution is -2.42. The number of anilines is 1. The van der Waals surface area contributed by atoms with Gasteiger partial charge in [0.05, 0.1) is 28.6 Å². The minimum absolute atomic E-state index is 0.148. The van der Waals surface area contributed by atoms with Gasteiger partial charge in [-0.05, 0) is 20.8 Å². The molecule has 0 unspecified atom stereocenters. The first-order chi connectivity index (χ1) is 12.0. The molecule has 1 saturated heterocycles. The number of hydrogen-bond acceptors (Lipinski definition) is 7. The number of rotatable bonds is 5. The minimum Gasteiger partial charge on any atom is -0.333 e. The topological polar surface area (TPSA) is 108 Å². The van der Waals surface area contributed by atoms with E-state index in [4.69, 9.17) is 9.47 Å². The molecular weight excluding hydrogens is 363 g/mol. The molecule has 0 aromatic heterocycles. The van der Waals surface area contributed by atoms with Gasteiger partial charge in [-0.1, -0.05) is 0 Å². The molecule has 1 aromatic rings. The standard InChI is InChI=1S/C14H16F3N3O6/c1-7(2)18(13-25-4-5-26-13)12-10(19(21)22)6-9(14(15,16)17)8(3)11(12)20(23)24/h6-7,13H,4-5H2,1-3H3. The Morgan fingerprint density at radius 1 is 1.19 bits per heavy atom. The van der Waals surface area contributed by atoms with Crippen LogP contribution in [0.3, 0.4) is 0 Å². The van der Waals surface area contributed by atoms with Crippen LogP contribution in [0.25, 0.3) is 0 Å². The monoisotopic (exact) mass is 379 g/mol. The lowest BCUT2D eigenvalue weighted by atomic mass is 10.0. The molecule has 0 N–H and O–H groups in total. The maximum Gasteiger partial charge on any atom is 0.417 e. The fourth-order valence-corrected chi connectivity index (χ4v) is 2.76. The zero-order chi connectivity index (χ0) is 19.8. The number of nitro benzene ring substituents is 2. The van der Waals surface area contributed by atoms with Gasteiger partial charge in [0.1, 0.15) is 0 Å². The highest BCUT2D eigenvalue weighted by Crippen LogP contribution is 2.47. The maximum atomic E-state index is 13.2. The Kier molecular flexibility index (Phi) is 5.37. The van der Waals surface area contributed by atoms with E-state index in [-0.39, 0.29) is 13.2 Å². The molecule has 9 nitrogen and oxygen atoms in total. The van der Waals surface area contributed by atoms with Crippen LogP contribution < -0.4 is 4.90 Å². The Morgan fingerprint density at radius 2 is 1.73 bits per heavy atom. The highest BCUT2D eigenvalue weighted by Gasteiger charge is 2.44. The normalized spacial score (nSPS) is 15.5. The summed E-state index contributed by atoms with van der Waals surface area (Å²) >= 11 is 0. The summed E-state index contributed by atoms with van der Waals surface area (Å²) in [6.45, 7) is 4.32. The summed E-state index contributed by atoms with van der Waals surface area (Å²) in [5.74, 6) is 0. The van der Waals surface area contributed by atoms with Crippen LogP contribution in [0.2, 0.25) is 0 Å². The van der Waals surface area contributed by atoms with Crippen LogP contribution in [0, 0.1) is 27.2 Å². The Morgan fingerprint density at radius 3 is 2.12 bits per heavy atom. The number of benzene rings is 1. The summed E-state index contributed by atoms with van der Waals surface area (Å²) in [7, 11) is 0. The van der Waals surface area contributed by atoms with Crippen molar-refractivity contribution in [1.82, 2.24) is 0 Å². The van der Waals surface area contributed by atoms with Crippen LogP contribution in [0.1, 0.15) is 25.0 Å². The number of hydrogen-bond donors (Lipinski definition) is 0. The molecule has 1 heterocycles. The van der Waals surface area contributed by atoms with E-state index in [2.05, 4.69) is 0 Å². The highest BCUT2D eigenvalue weighted by molar-refractivity contribution is 5.79. The molecule has 144 valence electrons. The number of halogens is 3. The van der Waals surface area contributed by atoms with Crippen LogP contribution in [-0.2, 0) is 15.7 Å². The number of nitrogens with zero attached hydrogens (tertiary/aromatic N) is 3. The van der Waals surface area contributed by atoms with Crippen molar-refractivity contribution in [2.45, 2.75) is 39.4 Å². The van der Waals surface area contributed by atoms with Gasteiger partial charge in [-0.3, -0.25) is 20.2 Å². The first kappa shape index (κ1) is 19.8. The summed E-state index contributed by atoms with van der Waals surface area (Å²) in [5, 5.41) is 23.0. The largest absolute Gasteiger partial charge is 0.417 e. The van der Waals surface area contributed by atoms with Crippen molar-refractivity contribution in [2.75, 3.05) is 18.1 Å². The molecule has 12 heteroatoms. The van der Waals surface area contributed by atoms with E-state index in [0.29, 0.717) is 6.07 Å². The minimum atomic E-state index is -4.98. The molecule has 0 amide bonds. The Balaban J connectivity index is 2.87. The van der Waals surface area contributed by atoms with Crippen molar-refractivity contribution in [1.29, 1.82) is 0 Å². The lowest BCUT2D eigenvalue weighted by molar-refractivity contribution is -0.393. The van der Waals surface area contributed by atoms with Crippen LogP contribution in [0.4, 0.5) is 30.2 Å². The summed E-state index contributed by atoms with van der Waals surface area (Å²) in [4.78, 5) is 21.9. The average Bonchev–Trinajstić information content (AvgIpc) is 2.98. The Hall–Kier alpha value is -2.47. The second-order valence-corrected chi connectivity index (χ2v) is 5.83. The van der Waals surface area contributed by atoms with Gasteiger partial charge in [0.25, 0.3) is 5.69 Å². The van der Waals surface area contributed by atoms with Crippen molar-refractivity contribution >= 4 is 17.1 Å². The molecule has 0 radical (unpaired) electrons. The van der Waals surface area contributed by atoms with E-state index in [1.807, 2.05) is 0 Å². The van der Waals surface area contributed by atoms with Crippen molar-refractivity contribution in [3.05, 3.63) is 37.4 Å². The van der Waals surface area contributed by atoms with Crippen molar-refractivity contribution < 1.29 is 32.5 Å². The van der Waals surface area contributed by atoms with E-state index in [9.17, 15) is 33.4 Å². The molecule has 2 rings (SSSR count). The highest BCUT2D eigenvalue weighted by atomic mass is 19.4. The van der Waals surface area contributed by atoms with Crippen LogP contribution in [0.15, 0.2) is 6.07 Å². The molecule has 0 aliphatic carbocycles. The summed E-state index contributed by atoms with van der Waals surface area (Å²) in [6, 6.07) is -0.284. The summed E-state index contributed by atoms with van der Waals surface area (Å²) in [5.41, 5.74) is -4.77. The van der Waals surface area contributed by atoms with E-state index >= 15 is 0 Å². The molecule has 1 aliphatic rings. The molecule has 0 saturated carbocycles. The fraction of sp³-hybridized carbons (Fsp3) is 0.571. The molecule has 0 atom stereocenters. The zero-order valence-electron chi connectivity index (χ0n) is 14.1. The van der Waals surface area contributed by atoms with Crippen LogP contribution in [-0.4, -0.2) is 35.5 Å². The quantitative estimate of drug-likeness (QED) is 0.570. The van der Waals surface area contributed by atoms with Gasteiger partial charge in [0.2, 0.25) is 6.41 Å². The van der Waals surface area contributed by atoms with Crippen LogP contribution in [0.5, 0.6) is 0 Å². The van der Waals surface area contributed by atoms with E-state index in [0.717, 1.165) is 11.8 Å². The van der Waals surface area contributed by atoms with Crippen molar-refractivity contribution in [2.24, 2.45) is 0 Å². The van der Waals surface area contributed by atoms with Gasteiger partial charge in [-0.15, -0.1) is 0 Å². The van der Waals surface area contributed by atoms with Gasteiger partial charge in [0.15, 0.2) is 5.69 Å². The zero-order valence-corrected chi connectivity index (χ0v) is 14.1. The number of alkyl halides is 3. The molecule has 1 fully saturated rings. The van der Waals surface area contributed by atoms with E-state index in [1.165, 1.54) is 0 Å². The third kappa shape index (κ3) is 3.55. The number of ether oxygens (including phenoxy) is 2. The van der Waals surface area contributed by atoms with Crippen molar-refractivity contribution in [3.8, 4) is 0 Å². The third-order valence-electron chi connectivity index (χ3n) is 3.84. The smallest absolute Gasteiger partial charge is 0.333 e. The molecule has 1 aliphatic heterocycles. The van der Waals surface area contributed by atoms with E-state index < -0.39 is 56.7 Å². The van der Waals surface area contributed by atoms with Gasteiger partial charge in [-0.25, -0.2) is 0 Å². The van der Waals surface area contributed by atoms with Gasteiger partial charge >= 0.3 is 11.9 Å². The molecular formula is C14H16F3N3O6. The fourth-order valence-electron chi connectivity index (χ4n) is 2.76. The maximum absolute atomic E-state index is 13.2. The Labute approximate surface area is 145 Å². The lowest BCUT2D eigenvalue weighted by Gasteiger charge is -2.32. The van der Waals surface area contributed by atoms with Crippen LogP contribution >= 0.6 is 0 Å². The molecule has 0 bridgehead atoms. The molecule has 0 spiro atoms. The Bertz CT molecular complexity index is 732. The molecule has 26 heavy (non-hydrogen) atoms. The second-order valence-electron chi connectivity index (χ2n) is 5.83. The average molecular weight is 379 g/mol. The van der Waals surface area contributed by atoms with Gasteiger partial charge < -0.3 is 14.4 Å². The first-order valence-electron chi connectivity index (χ1n) is 7.52. The SMILES string of the molecule is Cc1c(C(F)(F)F)cc([N+](=O)[O-])c(N(C(C)C)C2OCCO2)c1[N+](=O)[O-]. The first-order valence-corrected chi connectivity index (χ1v) is 7.52. The second kappa shape index (κ2) is 7.03. The summed E-state index contributed by atoms with van der Waals surface area (Å²) < 4.78 is 50.2. The van der Waals surface area contributed by atoms with Gasteiger partial charge in [0, 0.05) is 17.7 Å².